The second-order valence-electron chi connectivity index (χ2n) is 6.20. The van der Waals surface area contributed by atoms with Crippen molar-refractivity contribution in [2.75, 3.05) is 0 Å². The maximum atomic E-state index is 12.4. The molecule has 0 spiro atoms. The Morgan fingerprint density at radius 3 is 2.48 bits per heavy atom. The summed E-state index contributed by atoms with van der Waals surface area (Å²) in [6, 6.07) is 9.29. The van der Waals surface area contributed by atoms with Gasteiger partial charge in [-0.25, -0.2) is 0 Å². The van der Waals surface area contributed by atoms with Gasteiger partial charge in [-0.05, 0) is 24.8 Å². The quantitative estimate of drug-likeness (QED) is 0.764. The first-order valence-corrected chi connectivity index (χ1v) is 7.89. The zero-order valence-corrected chi connectivity index (χ0v) is 14.2. The number of carbonyl (C=O) groups excluding carboxylic acids is 2. The lowest BCUT2D eigenvalue weighted by molar-refractivity contribution is -0.128. The lowest BCUT2D eigenvalue weighted by Crippen LogP contribution is -2.44. The predicted molar refractivity (Wildman–Crippen MR) is 92.9 cm³/mol. The van der Waals surface area contributed by atoms with Gasteiger partial charge in [0.2, 0.25) is 11.8 Å². The number of primary amides is 1. The second kappa shape index (κ2) is 8.89. The van der Waals surface area contributed by atoms with Crippen LogP contribution in [0, 0.1) is 11.8 Å². The monoisotopic (exact) mass is 339 g/mol. The number of nitrogens with one attached hydrogen (secondary N) is 1. The smallest absolute Gasteiger partial charge is 0.224 e. The minimum Gasteiger partial charge on any atom is -0.369 e. The molecule has 4 unspecified atom stereocenters. The van der Waals surface area contributed by atoms with Crippen LogP contribution in [-0.2, 0) is 9.59 Å². The van der Waals surface area contributed by atoms with Crippen LogP contribution in [-0.4, -0.2) is 17.9 Å². The summed E-state index contributed by atoms with van der Waals surface area (Å²) >= 11 is 0. The number of benzene rings is 1. The van der Waals surface area contributed by atoms with E-state index in [9.17, 15) is 9.59 Å². The van der Waals surface area contributed by atoms with Gasteiger partial charge in [0.05, 0.1) is 5.92 Å². The molecule has 0 radical (unpaired) electrons. The minimum absolute atomic E-state index is 0. The van der Waals surface area contributed by atoms with Crippen LogP contribution in [0.2, 0.25) is 0 Å². The number of carbonyl (C=O) groups is 2. The fraction of sp³-hybridized carbons (Fsp3) is 0.529. The summed E-state index contributed by atoms with van der Waals surface area (Å²) in [6.45, 7) is 1.83. The summed E-state index contributed by atoms with van der Waals surface area (Å²) in [5, 5.41) is 3.03. The standard InChI is InChI=1S/C17H25N3O2.ClH/c1-11(15(18)12-6-3-2-4-7-12)17(22)20-14-9-5-8-13(10-14)16(19)21;/h2-4,6-7,11,13-15H,5,8-10,18H2,1H3,(H2,19,21)(H,20,22);1H. The molecule has 0 heterocycles. The summed E-state index contributed by atoms with van der Waals surface area (Å²) in [6.07, 6.45) is 3.26. The van der Waals surface area contributed by atoms with Gasteiger partial charge in [0, 0.05) is 18.0 Å². The minimum atomic E-state index is -0.336. The molecule has 5 nitrogen and oxygen atoms in total. The molecule has 1 aromatic carbocycles. The SMILES string of the molecule is CC(C(=O)NC1CCCC(C(N)=O)C1)C(N)c1ccccc1.Cl. The summed E-state index contributed by atoms with van der Waals surface area (Å²) in [5.74, 6) is -0.784. The van der Waals surface area contributed by atoms with E-state index >= 15 is 0 Å². The molecule has 1 aliphatic rings. The van der Waals surface area contributed by atoms with Crippen LogP contribution in [0.1, 0.15) is 44.2 Å². The predicted octanol–water partition coefficient (Wildman–Crippen LogP) is 1.90. The van der Waals surface area contributed by atoms with Crippen molar-refractivity contribution < 1.29 is 9.59 Å². The summed E-state index contributed by atoms with van der Waals surface area (Å²) in [5.41, 5.74) is 12.5. The van der Waals surface area contributed by atoms with Crippen molar-refractivity contribution in [3.8, 4) is 0 Å². The molecule has 6 heteroatoms. The zero-order valence-electron chi connectivity index (χ0n) is 13.4. The fourth-order valence-electron chi connectivity index (χ4n) is 3.04. The Labute approximate surface area is 143 Å². The van der Waals surface area contributed by atoms with E-state index in [1.807, 2.05) is 37.3 Å². The second-order valence-corrected chi connectivity index (χ2v) is 6.20. The highest BCUT2D eigenvalue weighted by atomic mass is 35.5. The van der Waals surface area contributed by atoms with E-state index in [2.05, 4.69) is 5.32 Å². The van der Waals surface area contributed by atoms with E-state index in [-0.39, 0.29) is 48.1 Å². The molecule has 2 amide bonds. The van der Waals surface area contributed by atoms with E-state index in [4.69, 9.17) is 11.5 Å². The van der Waals surface area contributed by atoms with Gasteiger partial charge in [-0.3, -0.25) is 9.59 Å². The molecule has 0 aliphatic heterocycles. The van der Waals surface area contributed by atoms with E-state index in [0.717, 1.165) is 24.8 Å². The number of nitrogens with two attached hydrogens (primary N) is 2. The Morgan fingerprint density at radius 1 is 1.22 bits per heavy atom. The van der Waals surface area contributed by atoms with Gasteiger partial charge >= 0.3 is 0 Å². The van der Waals surface area contributed by atoms with Crippen LogP contribution in [0.25, 0.3) is 0 Å². The average Bonchev–Trinajstić information content (AvgIpc) is 2.54. The van der Waals surface area contributed by atoms with Crippen molar-refractivity contribution in [1.82, 2.24) is 5.32 Å². The van der Waals surface area contributed by atoms with Crippen LogP contribution in [0.15, 0.2) is 30.3 Å². The van der Waals surface area contributed by atoms with Gasteiger partial charge in [-0.15, -0.1) is 12.4 Å². The van der Waals surface area contributed by atoms with Gasteiger partial charge in [-0.1, -0.05) is 43.7 Å². The highest BCUT2D eigenvalue weighted by molar-refractivity contribution is 5.85. The third-order valence-electron chi connectivity index (χ3n) is 4.56. The summed E-state index contributed by atoms with van der Waals surface area (Å²) in [7, 11) is 0. The largest absolute Gasteiger partial charge is 0.369 e. The number of amides is 2. The fourth-order valence-corrected chi connectivity index (χ4v) is 3.04. The Morgan fingerprint density at radius 2 is 1.87 bits per heavy atom. The lowest BCUT2D eigenvalue weighted by Gasteiger charge is -2.30. The number of halogens is 1. The highest BCUT2D eigenvalue weighted by Crippen LogP contribution is 2.25. The maximum Gasteiger partial charge on any atom is 0.224 e. The topological polar surface area (TPSA) is 98.2 Å². The third kappa shape index (κ3) is 5.22. The van der Waals surface area contributed by atoms with Crippen molar-refractivity contribution >= 4 is 24.2 Å². The van der Waals surface area contributed by atoms with Gasteiger partial charge in [0.1, 0.15) is 0 Å². The first-order chi connectivity index (χ1) is 10.5. The van der Waals surface area contributed by atoms with E-state index < -0.39 is 0 Å². The molecule has 128 valence electrons. The molecule has 1 aliphatic carbocycles. The molecule has 1 aromatic rings. The molecular weight excluding hydrogens is 314 g/mol. The summed E-state index contributed by atoms with van der Waals surface area (Å²) < 4.78 is 0. The van der Waals surface area contributed by atoms with E-state index in [0.29, 0.717) is 6.42 Å². The van der Waals surface area contributed by atoms with E-state index in [1.165, 1.54) is 0 Å². The molecule has 0 bridgehead atoms. The molecule has 1 fully saturated rings. The molecule has 2 rings (SSSR count). The lowest BCUT2D eigenvalue weighted by atomic mass is 9.84. The van der Waals surface area contributed by atoms with Crippen molar-refractivity contribution in [2.45, 2.75) is 44.7 Å². The molecule has 23 heavy (non-hydrogen) atoms. The Balaban J connectivity index is 0.00000264. The van der Waals surface area contributed by atoms with Crippen molar-refractivity contribution in [2.24, 2.45) is 23.3 Å². The van der Waals surface area contributed by atoms with Crippen LogP contribution in [0.5, 0.6) is 0 Å². The van der Waals surface area contributed by atoms with Gasteiger partial charge in [-0.2, -0.15) is 0 Å². The van der Waals surface area contributed by atoms with Crippen LogP contribution in [0.4, 0.5) is 0 Å². The number of hydrogen-bond donors (Lipinski definition) is 3. The first kappa shape index (κ1) is 19.5. The van der Waals surface area contributed by atoms with Crippen LogP contribution in [0.3, 0.4) is 0 Å². The van der Waals surface area contributed by atoms with Crippen molar-refractivity contribution in [3.63, 3.8) is 0 Å². The highest BCUT2D eigenvalue weighted by Gasteiger charge is 2.29. The third-order valence-corrected chi connectivity index (χ3v) is 4.56. The van der Waals surface area contributed by atoms with Crippen molar-refractivity contribution in [3.05, 3.63) is 35.9 Å². The van der Waals surface area contributed by atoms with Gasteiger partial charge in [0.25, 0.3) is 0 Å². The summed E-state index contributed by atoms with van der Waals surface area (Å²) in [4.78, 5) is 23.7. The molecule has 1 saturated carbocycles. The normalized spacial score (nSPS) is 23.2. The Kier molecular flexibility index (Phi) is 7.52. The molecule has 5 N–H and O–H groups in total. The van der Waals surface area contributed by atoms with Gasteiger partial charge in [0.15, 0.2) is 0 Å². The molecule has 4 atom stereocenters. The molecule has 0 aromatic heterocycles. The average molecular weight is 340 g/mol. The zero-order chi connectivity index (χ0) is 16.1. The Hall–Kier alpha value is -1.59. The van der Waals surface area contributed by atoms with Gasteiger partial charge < -0.3 is 16.8 Å². The first-order valence-electron chi connectivity index (χ1n) is 7.89. The number of rotatable bonds is 5. The van der Waals surface area contributed by atoms with E-state index in [1.54, 1.807) is 0 Å². The maximum absolute atomic E-state index is 12.4. The van der Waals surface area contributed by atoms with Crippen LogP contribution < -0.4 is 16.8 Å². The van der Waals surface area contributed by atoms with Crippen LogP contribution >= 0.6 is 12.4 Å². The Bertz CT molecular complexity index is 524. The molecule has 0 saturated heterocycles. The molecular formula is C17H26ClN3O2. The number of hydrogen-bond acceptors (Lipinski definition) is 3. The van der Waals surface area contributed by atoms with Crippen molar-refractivity contribution in [1.29, 1.82) is 0 Å².